The van der Waals surface area contributed by atoms with E-state index in [0.717, 1.165) is 31.6 Å². The molecule has 0 heterocycles. The van der Waals surface area contributed by atoms with Gasteiger partial charge in [0.2, 0.25) is 0 Å². The maximum Gasteiger partial charge on any atom is 0.472 e. The lowest BCUT2D eigenvalue weighted by molar-refractivity contribution is -0.161. The van der Waals surface area contributed by atoms with Crippen molar-refractivity contribution in [2.45, 2.75) is 167 Å². The Labute approximate surface area is 370 Å². The fraction of sp³-hybridized carbons (Fsp3) is 0.689. The lowest BCUT2D eigenvalue weighted by Crippen LogP contribution is -2.29. The maximum absolute atomic E-state index is 12.6. The third-order valence-electron chi connectivity index (χ3n) is 8.96. The van der Waals surface area contributed by atoms with Crippen molar-refractivity contribution in [2.24, 2.45) is 5.92 Å². The summed E-state index contributed by atoms with van der Waals surface area (Å²) in [6.45, 7) is 3.66. The number of aliphatic hydroxyl groups excluding tert-OH is 3. The first-order valence-corrected chi connectivity index (χ1v) is 25.2. The van der Waals surface area contributed by atoms with Crippen molar-refractivity contribution in [3.05, 3.63) is 72.9 Å². The predicted octanol–water partition coefficient (Wildman–Crippen LogP) is 9.19. The van der Waals surface area contributed by atoms with E-state index in [1.807, 2.05) is 37.3 Å². The number of carbonyl (C=O) groups is 2. The third kappa shape index (κ3) is 42.8. The number of phosphoric acid groups is 2. The van der Waals surface area contributed by atoms with Crippen LogP contribution in [0.15, 0.2) is 72.9 Å². The summed E-state index contributed by atoms with van der Waals surface area (Å²) < 4.78 is 47.6. The second-order valence-corrected chi connectivity index (χ2v) is 18.2. The van der Waals surface area contributed by atoms with Gasteiger partial charge in [0.05, 0.1) is 32.0 Å². The number of esters is 2. The quantitative estimate of drug-likeness (QED) is 0.0110. The van der Waals surface area contributed by atoms with E-state index in [-0.39, 0.29) is 12.8 Å². The smallest absolute Gasteiger partial charge is 0.462 e. The van der Waals surface area contributed by atoms with Crippen LogP contribution in [-0.4, -0.2) is 92.8 Å². The number of unbranched alkanes of at least 4 members (excludes halogenated alkanes) is 10. The lowest BCUT2D eigenvalue weighted by atomic mass is 10.0. The van der Waals surface area contributed by atoms with Gasteiger partial charge in [-0.15, -0.1) is 0 Å². The molecule has 0 fully saturated rings. The summed E-state index contributed by atoms with van der Waals surface area (Å²) in [5, 5.41) is 29.7. The van der Waals surface area contributed by atoms with Gasteiger partial charge in [-0.25, -0.2) is 9.13 Å². The minimum absolute atomic E-state index is 0.0525. The highest BCUT2D eigenvalue weighted by Crippen LogP contribution is 2.43. The second-order valence-electron chi connectivity index (χ2n) is 15.5. The van der Waals surface area contributed by atoms with Crippen molar-refractivity contribution in [3.63, 3.8) is 0 Å². The summed E-state index contributed by atoms with van der Waals surface area (Å²) >= 11 is 0. The van der Waals surface area contributed by atoms with Crippen molar-refractivity contribution in [3.8, 4) is 0 Å². The number of ether oxygens (including phenoxy) is 2. The van der Waals surface area contributed by atoms with E-state index in [0.29, 0.717) is 32.1 Å². The molecule has 5 atom stereocenters. The number of hydrogen-bond donors (Lipinski definition) is 6. The number of rotatable bonds is 40. The Morgan fingerprint density at radius 1 is 0.581 bits per heavy atom. The fourth-order valence-corrected chi connectivity index (χ4v) is 6.71. The topological polar surface area (TPSA) is 236 Å². The molecular weight excluding hydrogens is 842 g/mol. The summed E-state index contributed by atoms with van der Waals surface area (Å²) in [7, 11) is -9.75. The number of allylic oxidation sites excluding steroid dienone is 8. The molecule has 0 radical (unpaired) electrons. The molecule has 0 aliphatic heterocycles. The van der Waals surface area contributed by atoms with Crippen LogP contribution in [0.1, 0.15) is 143 Å². The fourth-order valence-electron chi connectivity index (χ4n) is 5.56. The van der Waals surface area contributed by atoms with Gasteiger partial charge in [0, 0.05) is 12.8 Å². The van der Waals surface area contributed by atoms with E-state index in [9.17, 15) is 38.9 Å². The number of hydrogen-bond acceptors (Lipinski definition) is 12. The number of carbonyl (C=O) groups excluding carboxylic acids is 2. The van der Waals surface area contributed by atoms with Crippen LogP contribution in [0.25, 0.3) is 0 Å². The molecule has 0 bridgehead atoms. The molecule has 62 heavy (non-hydrogen) atoms. The Morgan fingerprint density at radius 3 is 1.66 bits per heavy atom. The average Bonchev–Trinajstić information content (AvgIpc) is 3.21. The first kappa shape index (κ1) is 59.5. The van der Waals surface area contributed by atoms with Gasteiger partial charge in [0.1, 0.15) is 12.7 Å². The molecule has 0 rings (SSSR count). The predicted molar refractivity (Wildman–Crippen MR) is 242 cm³/mol. The van der Waals surface area contributed by atoms with Gasteiger partial charge in [-0.05, 0) is 44.4 Å². The molecule has 6 N–H and O–H groups in total. The van der Waals surface area contributed by atoms with Gasteiger partial charge in [-0.2, -0.15) is 0 Å². The number of phosphoric ester groups is 2. The zero-order valence-electron chi connectivity index (χ0n) is 37.3. The molecule has 0 aromatic carbocycles. The zero-order valence-corrected chi connectivity index (χ0v) is 39.1. The monoisotopic (exact) mass is 920 g/mol. The molecule has 358 valence electrons. The third-order valence-corrected chi connectivity index (χ3v) is 10.4. The van der Waals surface area contributed by atoms with Crippen LogP contribution in [0.5, 0.6) is 0 Å². The molecule has 0 aliphatic carbocycles. The van der Waals surface area contributed by atoms with Gasteiger partial charge in [-0.3, -0.25) is 23.2 Å². The van der Waals surface area contributed by atoms with E-state index < -0.39 is 78.4 Å². The van der Waals surface area contributed by atoms with Crippen LogP contribution in [-0.2, 0) is 41.8 Å². The maximum atomic E-state index is 12.6. The Kier molecular flexibility index (Phi) is 37.3. The highest BCUT2D eigenvalue weighted by atomic mass is 31.2. The van der Waals surface area contributed by atoms with Gasteiger partial charge >= 0.3 is 27.6 Å². The molecule has 0 amide bonds. The van der Waals surface area contributed by atoms with E-state index in [1.165, 1.54) is 51.4 Å². The first-order valence-electron chi connectivity index (χ1n) is 22.2. The SMILES string of the molecule is CC/C=C\C[C@H](O)/C=C/C=C\C=C\[C@H](O)C/C=C\C/C=C\CCC(=O)O[C@H](COC(=O)CCCCCCCCCCCCCC(C)C)COP(=O)(O)OC[C@@H](O)COP(=O)(O)O. The molecule has 0 aromatic heterocycles. The van der Waals surface area contributed by atoms with Crippen LogP contribution < -0.4 is 0 Å². The highest BCUT2D eigenvalue weighted by Gasteiger charge is 2.28. The summed E-state index contributed by atoms with van der Waals surface area (Å²) in [4.78, 5) is 52.7. The van der Waals surface area contributed by atoms with Crippen molar-refractivity contribution < 1.29 is 71.8 Å². The molecule has 15 nitrogen and oxygen atoms in total. The minimum Gasteiger partial charge on any atom is -0.462 e. The van der Waals surface area contributed by atoms with E-state index in [4.69, 9.17) is 23.8 Å². The summed E-state index contributed by atoms with van der Waals surface area (Å²) in [5.74, 6) is -0.430. The second kappa shape index (κ2) is 38.9. The minimum atomic E-state index is -4.89. The van der Waals surface area contributed by atoms with E-state index in [2.05, 4.69) is 22.9 Å². The molecular formula is C45H78O15P2. The van der Waals surface area contributed by atoms with Crippen molar-refractivity contribution in [1.82, 2.24) is 0 Å². The largest absolute Gasteiger partial charge is 0.472 e. The highest BCUT2D eigenvalue weighted by molar-refractivity contribution is 7.47. The molecule has 17 heteroatoms. The van der Waals surface area contributed by atoms with Gasteiger partial charge < -0.3 is 39.5 Å². The first-order chi connectivity index (χ1) is 29.5. The van der Waals surface area contributed by atoms with E-state index >= 15 is 0 Å². The number of aliphatic hydroxyl groups is 3. The standard InChI is InChI=1S/C45H78O15P2/c1-4-5-21-29-40(46)31-24-19-20-25-32-41(47)30-23-16-13-14-18-27-34-45(50)60-43(38-59-62(54,55)58-36-42(48)35-57-61(51,52)53)37-56-44(49)33-26-17-12-10-8-6-7-9-11-15-22-28-39(2)3/h5,14,16,18-21,23-25,31-32,39-43,46-48H,4,6-13,15,17,22,26-30,33-38H2,1-3H3,(H,54,55)(H2,51,52,53)/b18-14-,20-19-,21-5-,23-16-,31-24+,32-25+/t40-,41+,42-,43+/m0/s1. The summed E-state index contributed by atoms with van der Waals surface area (Å²) in [6, 6.07) is 0. The van der Waals surface area contributed by atoms with Gasteiger partial charge in [0.25, 0.3) is 0 Å². The van der Waals surface area contributed by atoms with Gasteiger partial charge in [0.15, 0.2) is 6.10 Å². The molecule has 0 spiro atoms. The lowest BCUT2D eigenvalue weighted by Gasteiger charge is -2.20. The normalized spacial score (nSPS) is 15.8. The summed E-state index contributed by atoms with van der Waals surface area (Å²) in [6.07, 6.45) is 34.1. The van der Waals surface area contributed by atoms with Crippen LogP contribution in [0.4, 0.5) is 0 Å². The molecule has 0 aliphatic rings. The molecule has 0 saturated carbocycles. The van der Waals surface area contributed by atoms with Crippen molar-refractivity contribution in [2.75, 3.05) is 26.4 Å². The van der Waals surface area contributed by atoms with Crippen molar-refractivity contribution in [1.29, 1.82) is 0 Å². The molecule has 0 saturated heterocycles. The Balaban J connectivity index is 4.75. The molecule has 1 unspecified atom stereocenters. The van der Waals surface area contributed by atoms with Crippen LogP contribution >= 0.6 is 15.6 Å². The van der Waals surface area contributed by atoms with Gasteiger partial charge in [-0.1, -0.05) is 164 Å². The van der Waals surface area contributed by atoms with Crippen LogP contribution in [0.3, 0.4) is 0 Å². The zero-order chi connectivity index (χ0) is 46.3. The Morgan fingerprint density at radius 2 is 1.10 bits per heavy atom. The Hall–Kier alpha value is -2.52. The summed E-state index contributed by atoms with van der Waals surface area (Å²) in [5.41, 5.74) is 0. The molecule has 0 aromatic rings. The Bertz CT molecular complexity index is 1420. The van der Waals surface area contributed by atoms with Crippen LogP contribution in [0.2, 0.25) is 0 Å². The van der Waals surface area contributed by atoms with E-state index in [1.54, 1.807) is 42.5 Å². The average molecular weight is 921 g/mol. The van der Waals surface area contributed by atoms with Crippen molar-refractivity contribution >= 4 is 27.6 Å². The van der Waals surface area contributed by atoms with Crippen LogP contribution in [0, 0.1) is 5.92 Å².